The van der Waals surface area contributed by atoms with Crippen LogP contribution in [0.2, 0.25) is 10.0 Å². The van der Waals surface area contributed by atoms with Crippen LogP contribution in [-0.2, 0) is 0 Å². The van der Waals surface area contributed by atoms with Crippen molar-refractivity contribution in [1.29, 1.82) is 0 Å². The standard InChI is InChI=1S/C8H4Cl2OS/c9-4-1-2-6-7(8(4)11)5(10)3-12-6/h1-3,11H. The van der Waals surface area contributed by atoms with Crippen molar-refractivity contribution in [1.82, 2.24) is 0 Å². The average Bonchev–Trinajstić information content (AvgIpc) is 2.41. The molecule has 0 fully saturated rings. The third-order valence-corrected chi connectivity index (χ3v) is 3.30. The van der Waals surface area contributed by atoms with Gasteiger partial charge in [-0.05, 0) is 12.1 Å². The van der Waals surface area contributed by atoms with Gasteiger partial charge in [0.2, 0.25) is 0 Å². The number of benzene rings is 1. The van der Waals surface area contributed by atoms with Crippen molar-refractivity contribution >= 4 is 44.6 Å². The molecule has 1 N–H and O–H groups in total. The molecule has 0 aliphatic heterocycles. The molecule has 1 aromatic carbocycles. The van der Waals surface area contributed by atoms with Crippen molar-refractivity contribution in [3.63, 3.8) is 0 Å². The van der Waals surface area contributed by atoms with Gasteiger partial charge in [-0.3, -0.25) is 0 Å². The van der Waals surface area contributed by atoms with Gasteiger partial charge in [0.05, 0.1) is 15.4 Å². The maximum absolute atomic E-state index is 9.52. The molecule has 0 unspecified atom stereocenters. The van der Waals surface area contributed by atoms with E-state index in [1.54, 1.807) is 11.4 Å². The summed E-state index contributed by atoms with van der Waals surface area (Å²) in [6, 6.07) is 3.50. The van der Waals surface area contributed by atoms with Gasteiger partial charge >= 0.3 is 0 Å². The zero-order chi connectivity index (χ0) is 8.72. The Balaban J connectivity index is 2.96. The zero-order valence-electron chi connectivity index (χ0n) is 5.84. The fraction of sp³-hybridized carbons (Fsp3) is 0. The molecule has 1 nitrogen and oxygen atoms in total. The Morgan fingerprint density at radius 3 is 2.67 bits per heavy atom. The molecule has 1 heterocycles. The Morgan fingerprint density at radius 1 is 1.17 bits per heavy atom. The molecule has 12 heavy (non-hydrogen) atoms. The molecular weight excluding hydrogens is 215 g/mol. The van der Waals surface area contributed by atoms with E-state index in [2.05, 4.69) is 0 Å². The van der Waals surface area contributed by atoms with Crippen LogP contribution < -0.4 is 0 Å². The lowest BCUT2D eigenvalue weighted by Gasteiger charge is -1.97. The number of thiophene rings is 1. The minimum absolute atomic E-state index is 0.0698. The summed E-state index contributed by atoms with van der Waals surface area (Å²) in [5.74, 6) is 0.0698. The van der Waals surface area contributed by atoms with E-state index in [0.29, 0.717) is 15.4 Å². The number of rotatable bonds is 0. The van der Waals surface area contributed by atoms with Crippen LogP contribution in [0.1, 0.15) is 0 Å². The first kappa shape index (κ1) is 8.17. The fourth-order valence-corrected chi connectivity index (χ4v) is 2.41. The number of hydrogen-bond acceptors (Lipinski definition) is 2. The van der Waals surface area contributed by atoms with Gasteiger partial charge in [0.25, 0.3) is 0 Å². The minimum Gasteiger partial charge on any atom is -0.506 e. The maximum Gasteiger partial charge on any atom is 0.144 e. The summed E-state index contributed by atoms with van der Waals surface area (Å²) in [7, 11) is 0. The molecule has 62 valence electrons. The van der Waals surface area contributed by atoms with E-state index < -0.39 is 0 Å². The summed E-state index contributed by atoms with van der Waals surface area (Å²) in [4.78, 5) is 0. The first-order valence-electron chi connectivity index (χ1n) is 3.24. The lowest BCUT2D eigenvalue weighted by molar-refractivity contribution is 0.482. The van der Waals surface area contributed by atoms with Crippen molar-refractivity contribution in [2.45, 2.75) is 0 Å². The highest BCUT2D eigenvalue weighted by Crippen LogP contribution is 2.40. The van der Waals surface area contributed by atoms with Crippen LogP contribution in [0.4, 0.5) is 0 Å². The second kappa shape index (κ2) is 2.80. The molecule has 0 radical (unpaired) electrons. The Labute approximate surface area is 83.2 Å². The normalized spacial score (nSPS) is 10.8. The highest BCUT2D eigenvalue weighted by molar-refractivity contribution is 7.18. The number of aromatic hydroxyl groups is 1. The van der Waals surface area contributed by atoms with Gasteiger partial charge in [-0.2, -0.15) is 0 Å². The Morgan fingerprint density at radius 2 is 1.92 bits per heavy atom. The third kappa shape index (κ3) is 1.07. The molecule has 1 aromatic heterocycles. The fourth-order valence-electron chi connectivity index (χ4n) is 1.05. The van der Waals surface area contributed by atoms with Crippen LogP contribution in [-0.4, -0.2) is 5.11 Å². The second-order valence-electron chi connectivity index (χ2n) is 2.35. The smallest absolute Gasteiger partial charge is 0.144 e. The molecule has 0 aliphatic rings. The molecule has 0 aliphatic carbocycles. The van der Waals surface area contributed by atoms with Crippen LogP contribution in [0.5, 0.6) is 5.75 Å². The average molecular weight is 219 g/mol. The van der Waals surface area contributed by atoms with Crippen molar-refractivity contribution in [3.8, 4) is 5.75 Å². The summed E-state index contributed by atoms with van der Waals surface area (Å²) in [6.45, 7) is 0. The van der Waals surface area contributed by atoms with Crippen molar-refractivity contribution in [3.05, 3.63) is 27.6 Å². The van der Waals surface area contributed by atoms with Gasteiger partial charge in [-0.15, -0.1) is 11.3 Å². The van der Waals surface area contributed by atoms with Gasteiger partial charge in [0, 0.05) is 10.1 Å². The Hall–Kier alpha value is -0.440. The number of halogens is 2. The number of hydrogen-bond donors (Lipinski definition) is 1. The van der Waals surface area contributed by atoms with E-state index in [1.165, 1.54) is 11.3 Å². The zero-order valence-corrected chi connectivity index (χ0v) is 8.17. The van der Waals surface area contributed by atoms with E-state index >= 15 is 0 Å². The van der Waals surface area contributed by atoms with E-state index in [-0.39, 0.29) is 5.75 Å². The highest BCUT2D eigenvalue weighted by atomic mass is 35.5. The largest absolute Gasteiger partial charge is 0.506 e. The highest BCUT2D eigenvalue weighted by Gasteiger charge is 2.09. The van der Waals surface area contributed by atoms with Gasteiger partial charge in [-0.25, -0.2) is 0 Å². The predicted octanol–water partition coefficient (Wildman–Crippen LogP) is 3.91. The lowest BCUT2D eigenvalue weighted by Crippen LogP contribution is -1.69. The third-order valence-electron chi connectivity index (χ3n) is 1.62. The molecule has 0 saturated heterocycles. The topological polar surface area (TPSA) is 20.2 Å². The monoisotopic (exact) mass is 218 g/mol. The molecule has 0 spiro atoms. The van der Waals surface area contributed by atoms with Crippen LogP contribution in [0.3, 0.4) is 0 Å². The quantitative estimate of drug-likeness (QED) is 0.711. The second-order valence-corrected chi connectivity index (χ2v) is 4.08. The van der Waals surface area contributed by atoms with Crippen molar-refractivity contribution in [2.24, 2.45) is 0 Å². The molecule has 0 atom stereocenters. The maximum atomic E-state index is 9.52. The molecule has 4 heteroatoms. The SMILES string of the molecule is Oc1c(Cl)ccc2scc(Cl)c12. The first-order chi connectivity index (χ1) is 5.70. The predicted molar refractivity (Wildman–Crippen MR) is 53.5 cm³/mol. The lowest BCUT2D eigenvalue weighted by atomic mass is 10.2. The molecular formula is C8H4Cl2OS. The van der Waals surface area contributed by atoms with Crippen LogP contribution in [0.25, 0.3) is 10.1 Å². The van der Waals surface area contributed by atoms with Gasteiger partial charge in [0.15, 0.2) is 0 Å². The number of fused-ring (bicyclic) bond motifs is 1. The molecule has 2 aromatic rings. The van der Waals surface area contributed by atoms with E-state index in [0.717, 1.165) is 4.70 Å². The minimum atomic E-state index is 0.0698. The van der Waals surface area contributed by atoms with Gasteiger partial charge in [-0.1, -0.05) is 23.2 Å². The summed E-state index contributed by atoms with van der Waals surface area (Å²) < 4.78 is 0.946. The summed E-state index contributed by atoms with van der Waals surface area (Å²) >= 11 is 13.0. The van der Waals surface area contributed by atoms with E-state index in [9.17, 15) is 5.11 Å². The van der Waals surface area contributed by atoms with Gasteiger partial charge < -0.3 is 5.11 Å². The number of phenols is 1. The summed E-state index contributed by atoms with van der Waals surface area (Å²) in [5, 5.41) is 12.8. The van der Waals surface area contributed by atoms with Gasteiger partial charge in [0.1, 0.15) is 5.75 Å². The van der Waals surface area contributed by atoms with Crippen LogP contribution in [0.15, 0.2) is 17.5 Å². The molecule has 0 saturated carbocycles. The Kier molecular flexibility index (Phi) is 1.91. The van der Waals surface area contributed by atoms with E-state index in [4.69, 9.17) is 23.2 Å². The van der Waals surface area contributed by atoms with Crippen molar-refractivity contribution < 1.29 is 5.11 Å². The Bertz CT molecular complexity index is 436. The van der Waals surface area contributed by atoms with Crippen LogP contribution >= 0.6 is 34.5 Å². The summed E-state index contributed by atoms with van der Waals surface area (Å²) in [5.41, 5.74) is 0. The molecule has 2 rings (SSSR count). The van der Waals surface area contributed by atoms with Crippen molar-refractivity contribution in [2.75, 3.05) is 0 Å². The van der Waals surface area contributed by atoms with Crippen LogP contribution in [0, 0.1) is 0 Å². The molecule has 0 amide bonds. The first-order valence-corrected chi connectivity index (χ1v) is 4.88. The van der Waals surface area contributed by atoms with E-state index in [1.807, 2.05) is 6.07 Å². The summed E-state index contributed by atoms with van der Waals surface area (Å²) in [6.07, 6.45) is 0. The number of phenolic OH excluding ortho intramolecular Hbond substituents is 1. The molecule has 0 bridgehead atoms.